The molecule has 26 heavy (non-hydrogen) atoms. The first-order valence-corrected chi connectivity index (χ1v) is 9.19. The fourth-order valence-electron chi connectivity index (χ4n) is 3.92. The maximum absolute atomic E-state index is 11.1. The van der Waals surface area contributed by atoms with E-state index in [9.17, 15) is 9.59 Å². The second-order valence-corrected chi connectivity index (χ2v) is 7.41. The van der Waals surface area contributed by atoms with E-state index in [0.29, 0.717) is 12.2 Å². The lowest BCUT2D eigenvalue weighted by molar-refractivity contribution is -0.139. The fourth-order valence-corrected chi connectivity index (χ4v) is 3.92. The molecule has 0 aliphatic carbocycles. The molecule has 1 atom stereocenters. The van der Waals surface area contributed by atoms with Gasteiger partial charge in [0.05, 0.1) is 6.61 Å². The van der Waals surface area contributed by atoms with Crippen molar-refractivity contribution in [3.05, 3.63) is 29.8 Å². The molecular weight excluding hydrogens is 334 g/mol. The van der Waals surface area contributed by atoms with Crippen molar-refractivity contribution in [1.29, 1.82) is 0 Å². The molecule has 7 heteroatoms. The van der Waals surface area contributed by atoms with Crippen LogP contribution in [0.5, 0.6) is 5.75 Å². The number of amides is 1. The number of likely N-dealkylation sites (tertiary alicyclic amines) is 1. The summed E-state index contributed by atoms with van der Waals surface area (Å²) in [5, 5.41) is 12.3. The molecule has 1 aromatic rings. The number of carbonyl (C=O) groups excluding carboxylic acids is 1. The number of nitrogens with zero attached hydrogens (tertiary/aromatic N) is 1. The Morgan fingerprint density at radius 2 is 1.96 bits per heavy atom. The minimum Gasteiger partial charge on any atom is -0.494 e. The van der Waals surface area contributed by atoms with Crippen LogP contribution in [0.4, 0.5) is 0 Å². The van der Waals surface area contributed by atoms with E-state index in [0.717, 1.165) is 57.6 Å². The van der Waals surface area contributed by atoms with Gasteiger partial charge in [-0.3, -0.25) is 9.59 Å². The molecule has 4 N–H and O–H groups in total. The second-order valence-electron chi connectivity index (χ2n) is 7.41. The number of ether oxygens (including phenoxy) is 1. The Kier molecular flexibility index (Phi) is 5.78. The van der Waals surface area contributed by atoms with Gasteiger partial charge in [-0.05, 0) is 68.5 Å². The summed E-state index contributed by atoms with van der Waals surface area (Å²) in [5.74, 6) is -0.429. The van der Waals surface area contributed by atoms with Crippen LogP contribution in [0, 0.1) is 5.41 Å². The Balaban J connectivity index is 1.34. The Bertz CT molecular complexity index is 639. The van der Waals surface area contributed by atoms with Crippen LogP contribution in [-0.2, 0) is 4.79 Å². The number of carbonyl (C=O) groups is 2. The topological polar surface area (TPSA) is 105 Å². The highest BCUT2D eigenvalue weighted by atomic mass is 16.5. The monoisotopic (exact) mass is 361 g/mol. The number of nitrogens with two attached hydrogens (primary N) is 1. The molecular formula is C19H27N3O4. The summed E-state index contributed by atoms with van der Waals surface area (Å²) in [6, 6.07) is 6.48. The van der Waals surface area contributed by atoms with Crippen LogP contribution in [0.3, 0.4) is 0 Å². The van der Waals surface area contributed by atoms with E-state index < -0.39 is 11.9 Å². The zero-order valence-electron chi connectivity index (χ0n) is 14.9. The van der Waals surface area contributed by atoms with E-state index in [1.807, 2.05) is 0 Å². The standard InChI is InChI=1S/C19H27N3O4/c20-17(23)14-2-4-15(5-3-14)26-11-1-8-22-9-6-19(7-10-22)12-16(18(24)25)21-13-19/h2-5,16,21H,1,6-13H2,(H2,20,23)(H,24,25)/t16-/m0/s1. The molecule has 2 aliphatic heterocycles. The first-order chi connectivity index (χ1) is 12.5. The third-order valence-corrected chi connectivity index (χ3v) is 5.60. The summed E-state index contributed by atoms with van der Waals surface area (Å²) < 4.78 is 5.71. The molecule has 0 bridgehead atoms. The molecule has 2 saturated heterocycles. The maximum atomic E-state index is 11.1. The van der Waals surface area contributed by atoms with Crippen molar-refractivity contribution in [3.63, 3.8) is 0 Å². The Morgan fingerprint density at radius 3 is 2.54 bits per heavy atom. The lowest BCUT2D eigenvalue weighted by Gasteiger charge is -2.39. The quantitative estimate of drug-likeness (QED) is 0.628. The van der Waals surface area contributed by atoms with Crippen LogP contribution in [0.15, 0.2) is 24.3 Å². The van der Waals surface area contributed by atoms with Crippen LogP contribution in [-0.4, -0.2) is 60.7 Å². The molecule has 3 rings (SSSR count). The Hall–Kier alpha value is -2.12. The van der Waals surface area contributed by atoms with E-state index in [-0.39, 0.29) is 11.5 Å². The molecule has 2 aliphatic rings. The van der Waals surface area contributed by atoms with Crippen molar-refractivity contribution in [2.45, 2.75) is 31.7 Å². The zero-order chi connectivity index (χ0) is 18.6. The average Bonchev–Trinajstić information content (AvgIpc) is 3.05. The number of benzene rings is 1. The predicted octanol–water partition coefficient (Wildman–Crippen LogP) is 1.08. The number of hydrogen-bond acceptors (Lipinski definition) is 5. The molecule has 7 nitrogen and oxygen atoms in total. The summed E-state index contributed by atoms with van der Waals surface area (Å²) in [5.41, 5.74) is 5.86. The number of rotatable bonds is 7. The SMILES string of the molecule is NC(=O)c1ccc(OCCCN2CCC3(CC2)CN[C@H](C(=O)O)C3)cc1. The van der Waals surface area contributed by atoms with Gasteiger partial charge in [0, 0.05) is 18.7 Å². The third kappa shape index (κ3) is 4.53. The number of carboxylic acid groups (broad SMARTS) is 1. The van der Waals surface area contributed by atoms with Crippen molar-refractivity contribution in [1.82, 2.24) is 10.2 Å². The van der Waals surface area contributed by atoms with Gasteiger partial charge in [-0.2, -0.15) is 0 Å². The third-order valence-electron chi connectivity index (χ3n) is 5.60. The predicted molar refractivity (Wildman–Crippen MR) is 97.2 cm³/mol. The molecule has 0 unspecified atom stereocenters. The van der Waals surface area contributed by atoms with Crippen molar-refractivity contribution < 1.29 is 19.4 Å². The van der Waals surface area contributed by atoms with Gasteiger partial charge in [0.1, 0.15) is 11.8 Å². The molecule has 1 amide bonds. The van der Waals surface area contributed by atoms with E-state index in [2.05, 4.69) is 10.2 Å². The number of nitrogens with one attached hydrogen (secondary N) is 1. The number of piperidine rings is 1. The van der Waals surface area contributed by atoms with Gasteiger partial charge < -0.3 is 25.8 Å². The van der Waals surface area contributed by atoms with Crippen molar-refractivity contribution in [3.8, 4) is 5.75 Å². The fraction of sp³-hybridized carbons (Fsp3) is 0.579. The van der Waals surface area contributed by atoms with Crippen LogP contribution in [0.2, 0.25) is 0 Å². The van der Waals surface area contributed by atoms with Crippen molar-refractivity contribution >= 4 is 11.9 Å². The number of primary amides is 1. The van der Waals surface area contributed by atoms with Gasteiger partial charge in [-0.15, -0.1) is 0 Å². The summed E-state index contributed by atoms with van der Waals surface area (Å²) in [7, 11) is 0. The Labute approximate surface area is 153 Å². The largest absolute Gasteiger partial charge is 0.494 e. The minimum absolute atomic E-state index is 0.165. The van der Waals surface area contributed by atoms with Gasteiger partial charge in [-0.25, -0.2) is 0 Å². The van der Waals surface area contributed by atoms with Gasteiger partial charge in [0.25, 0.3) is 0 Å². The van der Waals surface area contributed by atoms with Gasteiger partial charge >= 0.3 is 5.97 Å². The van der Waals surface area contributed by atoms with E-state index >= 15 is 0 Å². The molecule has 0 aromatic heterocycles. The first kappa shape index (κ1) is 18.7. The summed E-state index contributed by atoms with van der Waals surface area (Å²) in [6.07, 6.45) is 3.79. The normalized spacial score (nSPS) is 22.4. The summed E-state index contributed by atoms with van der Waals surface area (Å²) >= 11 is 0. The van der Waals surface area contributed by atoms with E-state index in [1.165, 1.54) is 0 Å². The molecule has 1 aromatic carbocycles. The van der Waals surface area contributed by atoms with Crippen molar-refractivity contribution in [2.24, 2.45) is 11.1 Å². The van der Waals surface area contributed by atoms with Crippen molar-refractivity contribution in [2.75, 3.05) is 32.8 Å². The highest BCUT2D eigenvalue weighted by molar-refractivity contribution is 5.92. The van der Waals surface area contributed by atoms with Crippen LogP contribution >= 0.6 is 0 Å². The molecule has 2 fully saturated rings. The minimum atomic E-state index is -0.731. The highest BCUT2D eigenvalue weighted by Gasteiger charge is 2.43. The van der Waals surface area contributed by atoms with E-state index in [4.69, 9.17) is 15.6 Å². The number of carboxylic acids is 1. The van der Waals surface area contributed by atoms with Gasteiger partial charge in [0.15, 0.2) is 0 Å². The van der Waals surface area contributed by atoms with Gasteiger partial charge in [0.2, 0.25) is 5.91 Å². The maximum Gasteiger partial charge on any atom is 0.320 e. The number of aliphatic carboxylic acids is 1. The molecule has 142 valence electrons. The average molecular weight is 361 g/mol. The molecule has 1 spiro atoms. The molecule has 0 saturated carbocycles. The van der Waals surface area contributed by atoms with Crippen LogP contribution < -0.4 is 15.8 Å². The smallest absolute Gasteiger partial charge is 0.320 e. The lowest BCUT2D eigenvalue weighted by Crippen LogP contribution is -2.41. The highest BCUT2D eigenvalue weighted by Crippen LogP contribution is 2.39. The molecule has 0 radical (unpaired) electrons. The summed E-state index contributed by atoms with van der Waals surface area (Å²) in [4.78, 5) is 24.6. The van der Waals surface area contributed by atoms with Crippen LogP contribution in [0.1, 0.15) is 36.0 Å². The van der Waals surface area contributed by atoms with Crippen LogP contribution in [0.25, 0.3) is 0 Å². The zero-order valence-corrected chi connectivity index (χ0v) is 14.9. The first-order valence-electron chi connectivity index (χ1n) is 9.19. The second kappa shape index (κ2) is 8.05. The number of hydrogen-bond donors (Lipinski definition) is 3. The van der Waals surface area contributed by atoms with E-state index in [1.54, 1.807) is 24.3 Å². The molecule has 2 heterocycles. The summed E-state index contributed by atoms with van der Waals surface area (Å²) in [6.45, 7) is 4.45. The van der Waals surface area contributed by atoms with Gasteiger partial charge in [-0.1, -0.05) is 0 Å². The Morgan fingerprint density at radius 1 is 1.27 bits per heavy atom. The lowest BCUT2D eigenvalue weighted by atomic mass is 9.76.